The number of piperazine rings is 1. The van der Waals surface area contributed by atoms with Gasteiger partial charge in [0.1, 0.15) is 6.54 Å². The maximum absolute atomic E-state index is 12.3. The number of hydrogen-bond acceptors (Lipinski definition) is 6. The number of aromatic nitrogens is 3. The van der Waals surface area contributed by atoms with E-state index in [0.29, 0.717) is 13.1 Å². The number of amides is 1. The molecule has 1 aliphatic rings. The van der Waals surface area contributed by atoms with Crippen molar-refractivity contribution < 1.29 is 9.72 Å². The average molecular weight is 330 g/mol. The van der Waals surface area contributed by atoms with Gasteiger partial charge in [-0.2, -0.15) is 4.68 Å². The Kier molecular flexibility index (Phi) is 4.80. The molecule has 1 fully saturated rings. The lowest BCUT2D eigenvalue weighted by Gasteiger charge is -2.34. The summed E-state index contributed by atoms with van der Waals surface area (Å²) in [6.07, 6.45) is 1.21. The van der Waals surface area contributed by atoms with Crippen molar-refractivity contribution in [3.8, 4) is 0 Å². The van der Waals surface area contributed by atoms with Crippen LogP contribution in [0, 0.1) is 10.1 Å². The monoisotopic (exact) mass is 330 g/mol. The molecule has 126 valence electrons. The van der Waals surface area contributed by atoms with Crippen LogP contribution in [-0.4, -0.2) is 61.6 Å². The molecule has 9 nitrogen and oxygen atoms in total. The Hall–Kier alpha value is -2.81. The molecule has 0 aliphatic carbocycles. The Morgan fingerprint density at radius 2 is 1.88 bits per heavy atom. The first-order chi connectivity index (χ1) is 11.6. The van der Waals surface area contributed by atoms with Gasteiger partial charge in [-0.1, -0.05) is 35.3 Å². The largest absolute Gasteiger partial charge is 0.490 e. The third kappa shape index (κ3) is 3.93. The zero-order valence-corrected chi connectivity index (χ0v) is 13.1. The standard InChI is InChI=1S/C15H18N6O3/c22-14(11-20-12-16-15(17-20)21(23)24)19-8-6-18(7-9-19)10-13-4-2-1-3-5-13/h1-5,12H,6-11H2. The van der Waals surface area contributed by atoms with Crippen molar-refractivity contribution in [1.82, 2.24) is 24.6 Å². The highest BCUT2D eigenvalue weighted by Gasteiger charge is 2.23. The Morgan fingerprint density at radius 3 is 2.50 bits per heavy atom. The molecule has 0 N–H and O–H groups in total. The number of rotatable bonds is 5. The van der Waals surface area contributed by atoms with Gasteiger partial charge in [0.05, 0.1) is 0 Å². The molecule has 0 radical (unpaired) electrons. The highest BCUT2D eigenvalue weighted by atomic mass is 16.6. The number of benzene rings is 1. The van der Waals surface area contributed by atoms with E-state index < -0.39 is 10.9 Å². The third-order valence-corrected chi connectivity index (χ3v) is 3.96. The Bertz CT molecular complexity index is 709. The van der Waals surface area contributed by atoms with E-state index in [1.165, 1.54) is 16.6 Å². The molecule has 0 atom stereocenters. The Labute approximate surface area is 138 Å². The number of nitro groups is 1. The predicted molar refractivity (Wildman–Crippen MR) is 85.0 cm³/mol. The minimum atomic E-state index is -0.677. The minimum absolute atomic E-state index is 0.0282. The number of carbonyl (C=O) groups is 1. The molecule has 1 amide bonds. The van der Waals surface area contributed by atoms with Gasteiger partial charge < -0.3 is 15.0 Å². The van der Waals surface area contributed by atoms with Crippen molar-refractivity contribution >= 4 is 11.9 Å². The first kappa shape index (κ1) is 16.1. The van der Waals surface area contributed by atoms with Crippen LogP contribution < -0.4 is 0 Å². The molecule has 0 bridgehead atoms. The second-order valence-electron chi connectivity index (χ2n) is 5.64. The van der Waals surface area contributed by atoms with Crippen LogP contribution in [0.4, 0.5) is 5.95 Å². The summed E-state index contributed by atoms with van der Waals surface area (Å²) in [4.78, 5) is 29.7. The molecule has 2 aromatic rings. The van der Waals surface area contributed by atoms with Gasteiger partial charge in [0.25, 0.3) is 0 Å². The van der Waals surface area contributed by atoms with Crippen LogP contribution in [0.5, 0.6) is 0 Å². The maximum Gasteiger partial charge on any atom is 0.490 e. The molecule has 1 aromatic heterocycles. The summed E-state index contributed by atoms with van der Waals surface area (Å²) in [5.74, 6) is -0.593. The normalized spacial score (nSPS) is 15.4. The topological polar surface area (TPSA) is 97.4 Å². The number of carbonyl (C=O) groups excluding carboxylic acids is 1. The van der Waals surface area contributed by atoms with Gasteiger partial charge in [-0.3, -0.25) is 9.69 Å². The number of hydrogen-bond donors (Lipinski definition) is 0. The van der Waals surface area contributed by atoms with Crippen molar-refractivity contribution in [1.29, 1.82) is 0 Å². The lowest BCUT2D eigenvalue weighted by molar-refractivity contribution is -0.394. The summed E-state index contributed by atoms with van der Waals surface area (Å²) in [6, 6.07) is 10.2. The fraction of sp³-hybridized carbons (Fsp3) is 0.400. The summed E-state index contributed by atoms with van der Waals surface area (Å²) in [6.45, 7) is 3.73. The zero-order valence-electron chi connectivity index (χ0n) is 13.1. The van der Waals surface area contributed by atoms with E-state index in [2.05, 4.69) is 27.1 Å². The Balaban J connectivity index is 1.48. The summed E-state index contributed by atoms with van der Waals surface area (Å²) in [5.41, 5.74) is 1.26. The summed E-state index contributed by atoms with van der Waals surface area (Å²) in [7, 11) is 0. The lowest BCUT2D eigenvalue weighted by Crippen LogP contribution is -2.49. The second-order valence-corrected chi connectivity index (χ2v) is 5.64. The van der Waals surface area contributed by atoms with E-state index in [-0.39, 0.29) is 12.5 Å². The van der Waals surface area contributed by atoms with Crippen LogP contribution in [0.3, 0.4) is 0 Å². The highest BCUT2D eigenvalue weighted by Crippen LogP contribution is 2.09. The van der Waals surface area contributed by atoms with Gasteiger partial charge in [0.2, 0.25) is 12.2 Å². The smallest absolute Gasteiger partial charge is 0.390 e. The molecule has 3 rings (SSSR count). The van der Waals surface area contributed by atoms with Crippen LogP contribution in [0.2, 0.25) is 0 Å². The molecule has 1 aliphatic heterocycles. The van der Waals surface area contributed by atoms with Gasteiger partial charge >= 0.3 is 5.95 Å². The third-order valence-electron chi connectivity index (χ3n) is 3.96. The van der Waals surface area contributed by atoms with Crippen molar-refractivity contribution in [2.75, 3.05) is 26.2 Å². The maximum atomic E-state index is 12.3. The molecule has 1 saturated heterocycles. The van der Waals surface area contributed by atoms with Gasteiger partial charge in [-0.25, -0.2) is 0 Å². The van der Waals surface area contributed by atoms with E-state index in [4.69, 9.17) is 0 Å². The van der Waals surface area contributed by atoms with Crippen LogP contribution in [0.1, 0.15) is 5.56 Å². The average Bonchev–Trinajstić information content (AvgIpc) is 3.05. The van der Waals surface area contributed by atoms with Crippen LogP contribution in [0.15, 0.2) is 36.7 Å². The molecule has 9 heteroatoms. The van der Waals surface area contributed by atoms with Gasteiger partial charge in [0, 0.05) is 37.8 Å². The van der Waals surface area contributed by atoms with Crippen molar-refractivity contribution in [3.05, 3.63) is 52.3 Å². The van der Waals surface area contributed by atoms with Crippen molar-refractivity contribution in [2.24, 2.45) is 0 Å². The minimum Gasteiger partial charge on any atom is -0.390 e. The molecule has 0 unspecified atom stereocenters. The Morgan fingerprint density at radius 1 is 1.17 bits per heavy atom. The summed E-state index contributed by atoms with van der Waals surface area (Å²) < 4.78 is 1.21. The first-order valence-electron chi connectivity index (χ1n) is 7.70. The van der Waals surface area contributed by atoms with Crippen LogP contribution >= 0.6 is 0 Å². The molecule has 0 saturated carbocycles. The van der Waals surface area contributed by atoms with Crippen LogP contribution in [-0.2, 0) is 17.9 Å². The quantitative estimate of drug-likeness (QED) is 0.586. The van der Waals surface area contributed by atoms with E-state index in [9.17, 15) is 14.9 Å². The van der Waals surface area contributed by atoms with Gasteiger partial charge in [-0.05, 0) is 10.5 Å². The zero-order chi connectivity index (χ0) is 16.9. The SMILES string of the molecule is O=C(Cn1cnc([N+](=O)[O-])n1)N1CCN(Cc2ccccc2)CC1. The van der Waals surface area contributed by atoms with Crippen molar-refractivity contribution in [3.63, 3.8) is 0 Å². The fourth-order valence-electron chi connectivity index (χ4n) is 2.68. The fourth-order valence-corrected chi connectivity index (χ4v) is 2.68. The van der Waals surface area contributed by atoms with Gasteiger partial charge in [-0.15, -0.1) is 0 Å². The molecule has 1 aromatic carbocycles. The van der Waals surface area contributed by atoms with Crippen molar-refractivity contribution in [2.45, 2.75) is 13.1 Å². The van der Waals surface area contributed by atoms with E-state index in [1.807, 2.05) is 18.2 Å². The molecule has 24 heavy (non-hydrogen) atoms. The first-order valence-corrected chi connectivity index (χ1v) is 7.70. The van der Waals surface area contributed by atoms with E-state index >= 15 is 0 Å². The van der Waals surface area contributed by atoms with E-state index in [1.54, 1.807) is 4.90 Å². The molecule has 2 heterocycles. The summed E-state index contributed by atoms with van der Waals surface area (Å²) >= 11 is 0. The highest BCUT2D eigenvalue weighted by molar-refractivity contribution is 5.76. The molecular formula is C15H18N6O3. The number of nitrogens with zero attached hydrogens (tertiary/aromatic N) is 6. The lowest BCUT2D eigenvalue weighted by atomic mass is 10.2. The van der Waals surface area contributed by atoms with Gasteiger partial charge in [0.15, 0.2) is 0 Å². The predicted octanol–water partition coefficient (Wildman–Crippen LogP) is 0.531. The van der Waals surface area contributed by atoms with E-state index in [0.717, 1.165) is 19.6 Å². The molecular weight excluding hydrogens is 312 g/mol. The summed E-state index contributed by atoms with van der Waals surface area (Å²) in [5, 5.41) is 14.2. The molecule has 0 spiro atoms. The second kappa shape index (κ2) is 7.18. The van der Waals surface area contributed by atoms with Crippen LogP contribution in [0.25, 0.3) is 0 Å².